The van der Waals surface area contributed by atoms with Gasteiger partial charge < -0.3 is 18.9 Å². The molecule has 2 atom stereocenters. The van der Waals surface area contributed by atoms with Crippen molar-refractivity contribution in [3.05, 3.63) is 30.3 Å². The van der Waals surface area contributed by atoms with Crippen LogP contribution in [-0.4, -0.2) is 31.9 Å². The molecule has 2 aromatic carbocycles. The molecule has 0 aliphatic carbocycles. The van der Waals surface area contributed by atoms with Gasteiger partial charge in [0, 0.05) is 12.5 Å². The molecule has 150 valence electrons. The smallest absolute Gasteiger partial charge is 0.212 e. The van der Waals surface area contributed by atoms with Crippen molar-refractivity contribution in [1.82, 2.24) is 0 Å². The number of alkyl halides is 1. The lowest BCUT2D eigenvalue weighted by Crippen LogP contribution is -2.29. The zero-order valence-electron chi connectivity index (χ0n) is 16.8. The highest BCUT2D eigenvalue weighted by molar-refractivity contribution is 9.09. The molecule has 4 nitrogen and oxygen atoms in total. The Hall–Kier alpha value is -1.46. The maximum Gasteiger partial charge on any atom is 0.212 e. The van der Waals surface area contributed by atoms with Crippen molar-refractivity contribution in [2.45, 2.75) is 57.1 Å². The monoisotopic (exact) mass is 438 g/mol. The molecule has 0 aliphatic rings. The molecule has 27 heavy (non-hydrogen) atoms. The molecule has 0 spiro atoms. The summed E-state index contributed by atoms with van der Waals surface area (Å²) in [5.74, 6) is 2.26. The van der Waals surface area contributed by atoms with Gasteiger partial charge in [0.1, 0.15) is 5.75 Å². The summed E-state index contributed by atoms with van der Waals surface area (Å²) in [7, 11) is 3.30. The lowest BCUT2D eigenvalue weighted by atomic mass is 10.1. The lowest BCUT2D eigenvalue weighted by Gasteiger charge is -2.23. The molecule has 0 aromatic heterocycles. The first-order chi connectivity index (χ1) is 13.1. The van der Waals surface area contributed by atoms with Gasteiger partial charge in [-0.25, -0.2) is 0 Å². The van der Waals surface area contributed by atoms with E-state index in [4.69, 9.17) is 18.9 Å². The van der Waals surface area contributed by atoms with Gasteiger partial charge >= 0.3 is 0 Å². The second-order valence-corrected chi connectivity index (χ2v) is 7.71. The van der Waals surface area contributed by atoms with Crippen LogP contribution in [0.1, 0.15) is 46.0 Å². The molecule has 0 saturated carbocycles. The molecule has 5 heteroatoms. The van der Waals surface area contributed by atoms with E-state index in [0.717, 1.165) is 36.0 Å². The third-order valence-corrected chi connectivity index (χ3v) is 5.62. The van der Waals surface area contributed by atoms with Crippen molar-refractivity contribution in [2.75, 3.05) is 20.8 Å². The van der Waals surface area contributed by atoms with Gasteiger partial charge in [-0.1, -0.05) is 55.1 Å². The predicted octanol–water partition coefficient (Wildman–Crippen LogP) is 6.33. The largest absolute Gasteiger partial charge is 0.494 e. The summed E-state index contributed by atoms with van der Waals surface area (Å²) in [6.45, 7) is 5.05. The lowest BCUT2D eigenvalue weighted by molar-refractivity contribution is -0.0536. The fourth-order valence-electron chi connectivity index (χ4n) is 2.96. The summed E-state index contributed by atoms with van der Waals surface area (Å²) in [6, 6.07) is 10.0. The summed E-state index contributed by atoms with van der Waals surface area (Å²) < 4.78 is 23.1. The highest BCUT2D eigenvalue weighted by Crippen LogP contribution is 2.38. The van der Waals surface area contributed by atoms with Crippen LogP contribution in [-0.2, 0) is 4.74 Å². The van der Waals surface area contributed by atoms with Gasteiger partial charge in [0.25, 0.3) is 0 Å². The number of halogens is 1. The van der Waals surface area contributed by atoms with E-state index < -0.39 is 0 Å². The number of benzene rings is 2. The van der Waals surface area contributed by atoms with E-state index in [2.05, 4.69) is 35.8 Å². The predicted molar refractivity (Wildman–Crippen MR) is 115 cm³/mol. The molecule has 0 heterocycles. The van der Waals surface area contributed by atoms with Crippen LogP contribution in [0.4, 0.5) is 0 Å². The zero-order chi connectivity index (χ0) is 19.6. The summed E-state index contributed by atoms with van der Waals surface area (Å²) in [6.07, 6.45) is 5.31. The number of ether oxygens (including phenoxy) is 4. The van der Waals surface area contributed by atoms with Crippen LogP contribution < -0.4 is 14.2 Å². The zero-order valence-corrected chi connectivity index (χ0v) is 18.4. The normalized spacial score (nSPS) is 13.4. The molecule has 0 N–H and O–H groups in total. The fourth-order valence-corrected chi connectivity index (χ4v) is 3.28. The summed E-state index contributed by atoms with van der Waals surface area (Å²) >= 11 is 3.60. The SMILES string of the molecule is CCCCCCOc1ccc2c(OC)c(OC(OC)C(Br)CC)ccc2c1. The molecular weight excluding hydrogens is 408 g/mol. The highest BCUT2D eigenvalue weighted by Gasteiger charge is 2.21. The molecule has 2 rings (SSSR count). The Labute approximate surface area is 171 Å². The van der Waals surface area contributed by atoms with Gasteiger partial charge in [-0.15, -0.1) is 0 Å². The molecular formula is C22H31BrO4. The third kappa shape index (κ3) is 6.01. The Balaban J connectivity index is 2.17. The van der Waals surface area contributed by atoms with Crippen LogP contribution in [0.2, 0.25) is 0 Å². The summed E-state index contributed by atoms with van der Waals surface area (Å²) in [5.41, 5.74) is 0. The summed E-state index contributed by atoms with van der Waals surface area (Å²) in [5, 5.41) is 2.05. The van der Waals surface area contributed by atoms with E-state index in [1.165, 1.54) is 19.3 Å². The standard InChI is InChI=1S/C22H31BrO4/c1-5-7-8-9-14-26-17-11-12-18-16(15-17)10-13-20(21(18)24-3)27-22(25-4)19(23)6-2/h10-13,15,19,22H,5-9,14H2,1-4H3. The molecule has 2 unspecified atom stereocenters. The average molecular weight is 439 g/mol. The van der Waals surface area contributed by atoms with Gasteiger partial charge in [0.2, 0.25) is 6.29 Å². The minimum Gasteiger partial charge on any atom is -0.494 e. The first-order valence-corrected chi connectivity index (χ1v) is 10.6. The number of hydrogen-bond acceptors (Lipinski definition) is 4. The number of unbranched alkanes of at least 4 members (excludes halogenated alkanes) is 3. The molecule has 2 aromatic rings. The van der Waals surface area contributed by atoms with Crippen LogP contribution in [0.25, 0.3) is 10.8 Å². The van der Waals surface area contributed by atoms with E-state index in [0.29, 0.717) is 11.5 Å². The van der Waals surface area contributed by atoms with Gasteiger partial charge in [0.15, 0.2) is 11.5 Å². The van der Waals surface area contributed by atoms with Crippen molar-refractivity contribution >= 4 is 26.7 Å². The van der Waals surface area contributed by atoms with Gasteiger partial charge in [-0.2, -0.15) is 0 Å². The molecule has 0 bridgehead atoms. The number of hydrogen-bond donors (Lipinski definition) is 0. The molecule has 0 aliphatic heterocycles. The van der Waals surface area contributed by atoms with Crippen molar-refractivity contribution in [2.24, 2.45) is 0 Å². The van der Waals surface area contributed by atoms with E-state index in [1.54, 1.807) is 14.2 Å². The maximum absolute atomic E-state index is 6.05. The Morgan fingerprint density at radius 2 is 1.81 bits per heavy atom. The van der Waals surface area contributed by atoms with Crippen LogP contribution in [0.3, 0.4) is 0 Å². The van der Waals surface area contributed by atoms with Crippen LogP contribution in [0, 0.1) is 0 Å². The van der Waals surface area contributed by atoms with Gasteiger partial charge in [0.05, 0.1) is 18.5 Å². The van der Waals surface area contributed by atoms with E-state index in [9.17, 15) is 0 Å². The van der Waals surface area contributed by atoms with Crippen molar-refractivity contribution in [3.63, 3.8) is 0 Å². The van der Waals surface area contributed by atoms with E-state index in [1.807, 2.05) is 24.3 Å². The van der Waals surface area contributed by atoms with Crippen molar-refractivity contribution in [1.29, 1.82) is 0 Å². The molecule has 0 saturated heterocycles. The van der Waals surface area contributed by atoms with Crippen LogP contribution in [0.5, 0.6) is 17.2 Å². The first-order valence-electron chi connectivity index (χ1n) is 9.71. The second-order valence-electron chi connectivity index (χ2n) is 6.54. The van der Waals surface area contributed by atoms with E-state index >= 15 is 0 Å². The van der Waals surface area contributed by atoms with Gasteiger partial charge in [-0.3, -0.25) is 0 Å². The van der Waals surface area contributed by atoms with E-state index in [-0.39, 0.29) is 11.1 Å². The maximum atomic E-state index is 6.05. The number of methoxy groups -OCH3 is 2. The van der Waals surface area contributed by atoms with Gasteiger partial charge in [-0.05, 0) is 42.5 Å². The highest BCUT2D eigenvalue weighted by atomic mass is 79.9. The Morgan fingerprint density at radius 3 is 2.48 bits per heavy atom. The first kappa shape index (κ1) is 21.8. The Morgan fingerprint density at radius 1 is 1.00 bits per heavy atom. The Bertz CT molecular complexity index is 704. The van der Waals surface area contributed by atoms with Crippen molar-refractivity contribution in [3.8, 4) is 17.2 Å². The summed E-state index contributed by atoms with van der Waals surface area (Å²) in [4.78, 5) is 0.103. The quantitative estimate of drug-likeness (QED) is 0.220. The molecule has 0 amide bonds. The minimum atomic E-state index is -0.382. The van der Waals surface area contributed by atoms with Crippen LogP contribution in [0.15, 0.2) is 30.3 Å². The van der Waals surface area contributed by atoms with Crippen molar-refractivity contribution < 1.29 is 18.9 Å². The molecule has 0 radical (unpaired) electrons. The molecule has 0 fully saturated rings. The number of rotatable bonds is 12. The topological polar surface area (TPSA) is 36.9 Å². The van der Waals surface area contributed by atoms with Crippen LogP contribution >= 0.6 is 15.9 Å². The Kier molecular flexibility index (Phi) is 9.22. The third-order valence-electron chi connectivity index (χ3n) is 4.54. The minimum absolute atomic E-state index is 0.103. The second kappa shape index (κ2) is 11.4. The fraction of sp³-hybridized carbons (Fsp3) is 0.545. The average Bonchev–Trinajstić information content (AvgIpc) is 2.70. The number of fused-ring (bicyclic) bond motifs is 1.